The Morgan fingerprint density at radius 2 is 1.88 bits per heavy atom. The number of ether oxygens (including phenoxy) is 2. The van der Waals surface area contributed by atoms with Gasteiger partial charge >= 0.3 is 5.69 Å². The van der Waals surface area contributed by atoms with Crippen molar-refractivity contribution in [1.29, 1.82) is 0 Å². The average Bonchev–Trinajstić information content (AvgIpc) is 3.31. The van der Waals surface area contributed by atoms with Crippen LogP contribution in [0.15, 0.2) is 56.6 Å². The van der Waals surface area contributed by atoms with Gasteiger partial charge in [-0.05, 0) is 50.6 Å². The summed E-state index contributed by atoms with van der Waals surface area (Å²) in [5, 5.41) is 4.53. The summed E-state index contributed by atoms with van der Waals surface area (Å²) in [4.78, 5) is 30.7. The molecule has 0 bridgehead atoms. The molecule has 0 unspecified atom stereocenters. The van der Waals surface area contributed by atoms with E-state index in [1.54, 1.807) is 43.5 Å². The quantitative estimate of drug-likeness (QED) is 0.404. The van der Waals surface area contributed by atoms with E-state index in [0.717, 1.165) is 0 Å². The standard InChI is InChI=1S/C24H26N4O5/c1-5-15(3)28-23(29)17-9-7-8-10-18(17)27(24(28)30)14-21-25-22(26-33-21)16-11-12-19(32-6-2)20(13-16)31-4/h7-13,15H,5-6,14H2,1-4H3/t15-/m1/s1. The van der Waals surface area contributed by atoms with Gasteiger partial charge in [0.2, 0.25) is 11.7 Å². The largest absolute Gasteiger partial charge is 0.493 e. The second-order valence-corrected chi connectivity index (χ2v) is 7.63. The SMILES string of the molecule is CCOc1ccc(-c2noc(Cn3c(=O)n([C@H](C)CC)c(=O)c4ccccc43)n2)cc1OC. The zero-order chi connectivity index (χ0) is 23.5. The van der Waals surface area contributed by atoms with Crippen molar-refractivity contribution < 1.29 is 14.0 Å². The molecule has 0 fully saturated rings. The molecule has 0 N–H and O–H groups in total. The first-order valence-corrected chi connectivity index (χ1v) is 10.9. The van der Waals surface area contributed by atoms with E-state index in [4.69, 9.17) is 14.0 Å². The summed E-state index contributed by atoms with van der Waals surface area (Å²) < 4.78 is 19.2. The highest BCUT2D eigenvalue weighted by Crippen LogP contribution is 2.31. The highest BCUT2D eigenvalue weighted by Gasteiger charge is 2.19. The first-order chi connectivity index (χ1) is 16.0. The van der Waals surface area contributed by atoms with E-state index in [9.17, 15) is 9.59 Å². The molecule has 9 nitrogen and oxygen atoms in total. The summed E-state index contributed by atoms with van der Waals surface area (Å²) >= 11 is 0. The van der Waals surface area contributed by atoms with Crippen molar-refractivity contribution in [1.82, 2.24) is 19.3 Å². The van der Waals surface area contributed by atoms with Gasteiger partial charge in [-0.25, -0.2) is 4.79 Å². The molecule has 0 aliphatic heterocycles. The van der Waals surface area contributed by atoms with E-state index in [1.807, 2.05) is 26.8 Å². The lowest BCUT2D eigenvalue weighted by molar-refractivity contribution is 0.311. The van der Waals surface area contributed by atoms with E-state index in [0.29, 0.717) is 46.8 Å². The minimum atomic E-state index is -0.407. The maximum Gasteiger partial charge on any atom is 0.332 e. The highest BCUT2D eigenvalue weighted by atomic mass is 16.5. The maximum absolute atomic E-state index is 13.3. The molecular weight excluding hydrogens is 424 g/mol. The molecule has 172 valence electrons. The van der Waals surface area contributed by atoms with E-state index in [-0.39, 0.29) is 24.0 Å². The second kappa shape index (κ2) is 9.32. The molecule has 0 aliphatic rings. The van der Waals surface area contributed by atoms with Crippen LogP contribution >= 0.6 is 0 Å². The van der Waals surface area contributed by atoms with Crippen LogP contribution in [0.4, 0.5) is 0 Å². The van der Waals surface area contributed by atoms with Gasteiger partial charge in [0.15, 0.2) is 11.5 Å². The lowest BCUT2D eigenvalue weighted by atomic mass is 10.2. The van der Waals surface area contributed by atoms with Crippen LogP contribution in [0.3, 0.4) is 0 Å². The smallest absolute Gasteiger partial charge is 0.332 e. The highest BCUT2D eigenvalue weighted by molar-refractivity contribution is 5.77. The predicted molar refractivity (Wildman–Crippen MR) is 124 cm³/mol. The van der Waals surface area contributed by atoms with Gasteiger partial charge in [-0.15, -0.1) is 0 Å². The van der Waals surface area contributed by atoms with Crippen molar-refractivity contribution >= 4 is 10.9 Å². The molecule has 4 aromatic rings. The van der Waals surface area contributed by atoms with Gasteiger partial charge in [-0.3, -0.25) is 13.9 Å². The third-order valence-electron chi connectivity index (χ3n) is 5.60. The molecule has 2 heterocycles. The fourth-order valence-electron chi connectivity index (χ4n) is 3.72. The summed E-state index contributed by atoms with van der Waals surface area (Å²) in [6.07, 6.45) is 0.651. The zero-order valence-corrected chi connectivity index (χ0v) is 19.1. The molecule has 0 spiro atoms. The first-order valence-electron chi connectivity index (χ1n) is 10.9. The van der Waals surface area contributed by atoms with Gasteiger partial charge in [0.1, 0.15) is 6.54 Å². The molecule has 1 atom stereocenters. The molecule has 0 saturated heterocycles. The number of para-hydroxylation sites is 1. The normalized spacial score (nSPS) is 12.1. The van der Waals surface area contributed by atoms with Crippen molar-refractivity contribution in [3.8, 4) is 22.9 Å². The topological polar surface area (TPSA) is 101 Å². The van der Waals surface area contributed by atoms with Crippen LogP contribution in [-0.2, 0) is 6.54 Å². The molecule has 33 heavy (non-hydrogen) atoms. The molecule has 0 aliphatic carbocycles. The molecule has 2 aromatic heterocycles. The van der Waals surface area contributed by atoms with E-state index in [1.165, 1.54) is 9.13 Å². The first kappa shape index (κ1) is 22.3. The number of nitrogens with zero attached hydrogens (tertiary/aromatic N) is 4. The zero-order valence-electron chi connectivity index (χ0n) is 19.1. The number of hydrogen-bond donors (Lipinski definition) is 0. The summed E-state index contributed by atoms with van der Waals surface area (Å²) in [6.45, 7) is 6.24. The van der Waals surface area contributed by atoms with E-state index in [2.05, 4.69) is 10.1 Å². The number of aromatic nitrogens is 4. The minimum Gasteiger partial charge on any atom is -0.493 e. The van der Waals surface area contributed by atoms with E-state index < -0.39 is 5.69 Å². The number of hydrogen-bond acceptors (Lipinski definition) is 7. The number of benzene rings is 2. The number of fused-ring (bicyclic) bond motifs is 1. The summed E-state index contributed by atoms with van der Waals surface area (Å²) in [5.74, 6) is 1.79. The van der Waals surface area contributed by atoms with Crippen LogP contribution in [0, 0.1) is 0 Å². The third-order valence-corrected chi connectivity index (χ3v) is 5.60. The third kappa shape index (κ3) is 4.13. The Bertz CT molecular complexity index is 1400. The van der Waals surface area contributed by atoms with Crippen LogP contribution in [0.25, 0.3) is 22.3 Å². The Hall–Kier alpha value is -3.88. The van der Waals surface area contributed by atoms with Crippen molar-refractivity contribution in [2.75, 3.05) is 13.7 Å². The van der Waals surface area contributed by atoms with Crippen molar-refractivity contribution in [3.63, 3.8) is 0 Å². The summed E-state index contributed by atoms with van der Waals surface area (Å²) in [7, 11) is 1.56. The van der Waals surface area contributed by atoms with Crippen molar-refractivity contribution in [2.45, 2.75) is 39.8 Å². The maximum atomic E-state index is 13.3. The molecule has 2 aromatic carbocycles. The molecule has 4 rings (SSSR count). The van der Waals surface area contributed by atoms with Gasteiger partial charge in [-0.1, -0.05) is 24.2 Å². The number of methoxy groups -OCH3 is 1. The summed E-state index contributed by atoms with van der Waals surface area (Å²) in [6, 6.07) is 12.2. The van der Waals surface area contributed by atoms with Crippen LogP contribution in [0.5, 0.6) is 11.5 Å². The van der Waals surface area contributed by atoms with Crippen LogP contribution in [0.1, 0.15) is 39.1 Å². The molecule has 9 heteroatoms. The predicted octanol–water partition coefficient (Wildman–Crippen LogP) is 3.64. The minimum absolute atomic E-state index is 0.0389. The van der Waals surface area contributed by atoms with Gasteiger partial charge < -0.3 is 14.0 Å². The lowest BCUT2D eigenvalue weighted by Gasteiger charge is -2.16. The van der Waals surface area contributed by atoms with Crippen LogP contribution in [0.2, 0.25) is 0 Å². The fraction of sp³-hybridized carbons (Fsp3) is 0.333. The van der Waals surface area contributed by atoms with Gasteiger partial charge in [0.25, 0.3) is 5.56 Å². The van der Waals surface area contributed by atoms with Crippen LogP contribution in [-0.4, -0.2) is 33.0 Å². The van der Waals surface area contributed by atoms with Crippen molar-refractivity contribution in [3.05, 3.63) is 69.2 Å². The Morgan fingerprint density at radius 1 is 1.09 bits per heavy atom. The lowest BCUT2D eigenvalue weighted by Crippen LogP contribution is -2.41. The second-order valence-electron chi connectivity index (χ2n) is 7.63. The van der Waals surface area contributed by atoms with Gasteiger partial charge in [0, 0.05) is 11.6 Å². The Balaban J connectivity index is 1.75. The molecule has 0 amide bonds. The van der Waals surface area contributed by atoms with Crippen LogP contribution < -0.4 is 20.7 Å². The Labute approximate surface area is 190 Å². The van der Waals surface area contributed by atoms with E-state index >= 15 is 0 Å². The van der Waals surface area contributed by atoms with Gasteiger partial charge in [0.05, 0.1) is 24.6 Å². The van der Waals surface area contributed by atoms with Gasteiger partial charge in [-0.2, -0.15) is 4.98 Å². The molecular formula is C24H26N4O5. The fourth-order valence-corrected chi connectivity index (χ4v) is 3.72. The summed E-state index contributed by atoms with van der Waals surface area (Å²) in [5.41, 5.74) is 0.506. The monoisotopic (exact) mass is 450 g/mol. The average molecular weight is 450 g/mol. The Kier molecular flexibility index (Phi) is 6.30. The Morgan fingerprint density at radius 3 is 2.61 bits per heavy atom. The molecule has 0 saturated carbocycles. The van der Waals surface area contributed by atoms with Crippen molar-refractivity contribution in [2.24, 2.45) is 0 Å². The number of rotatable bonds is 8. The molecule has 0 radical (unpaired) electrons.